The van der Waals surface area contributed by atoms with Crippen molar-refractivity contribution in [2.75, 3.05) is 7.11 Å². The molecule has 21 heavy (non-hydrogen) atoms. The monoisotopic (exact) mass is 330 g/mol. The Labute approximate surface area is 121 Å². The Balaban J connectivity index is 3.37. The Bertz CT molecular complexity index is 544. The molecule has 5 nitrogen and oxygen atoms in total. The molecule has 0 aliphatic heterocycles. The highest BCUT2D eigenvalue weighted by molar-refractivity contribution is 7.87. The van der Waals surface area contributed by atoms with Gasteiger partial charge in [-0.2, -0.15) is 21.6 Å². The first-order valence-electron chi connectivity index (χ1n) is 6.37. The van der Waals surface area contributed by atoms with E-state index < -0.39 is 32.8 Å². The van der Waals surface area contributed by atoms with E-state index >= 15 is 0 Å². The second kappa shape index (κ2) is 5.86. The molecular weight excluding hydrogens is 313 g/mol. The zero-order valence-corrected chi connectivity index (χ0v) is 12.7. The van der Waals surface area contributed by atoms with Crippen molar-refractivity contribution in [3.63, 3.8) is 0 Å². The van der Waals surface area contributed by atoms with E-state index in [0.29, 0.717) is 19.3 Å². The van der Waals surface area contributed by atoms with E-state index in [1.807, 2.05) is 0 Å². The third kappa shape index (κ3) is 3.17. The van der Waals surface area contributed by atoms with Crippen LogP contribution in [-0.2, 0) is 23.8 Å². The summed E-state index contributed by atoms with van der Waals surface area (Å²) in [5, 5.41) is 0. The molecule has 0 amide bonds. The molecule has 1 aliphatic rings. The summed E-state index contributed by atoms with van der Waals surface area (Å²) in [7, 11) is -4.74. The van der Waals surface area contributed by atoms with Crippen molar-refractivity contribution in [3.8, 4) is 0 Å². The van der Waals surface area contributed by atoms with Crippen LogP contribution < -0.4 is 0 Å². The maximum absolute atomic E-state index is 12.5. The molecule has 1 aliphatic carbocycles. The van der Waals surface area contributed by atoms with E-state index in [-0.39, 0.29) is 12.0 Å². The molecule has 0 radical (unpaired) electrons. The van der Waals surface area contributed by atoms with Gasteiger partial charge in [-0.3, -0.25) is 0 Å². The molecule has 0 spiro atoms. The molecular formula is C12H17F3O5S. The zero-order valence-electron chi connectivity index (χ0n) is 11.9. The lowest BCUT2D eigenvalue weighted by atomic mass is 9.80. The van der Waals surface area contributed by atoms with Crippen LogP contribution >= 0.6 is 0 Å². The van der Waals surface area contributed by atoms with Gasteiger partial charge in [-0.15, -0.1) is 0 Å². The van der Waals surface area contributed by atoms with Crippen molar-refractivity contribution < 1.29 is 35.3 Å². The summed E-state index contributed by atoms with van der Waals surface area (Å²) in [5.41, 5.74) is -6.59. The van der Waals surface area contributed by atoms with Crippen molar-refractivity contribution in [3.05, 3.63) is 11.3 Å². The molecule has 0 unspecified atom stereocenters. The molecule has 9 heteroatoms. The van der Waals surface area contributed by atoms with Crippen molar-refractivity contribution in [1.82, 2.24) is 0 Å². The maximum atomic E-state index is 12.5. The first-order chi connectivity index (χ1) is 9.54. The second-order valence-electron chi connectivity index (χ2n) is 4.77. The van der Waals surface area contributed by atoms with Crippen molar-refractivity contribution in [2.45, 2.75) is 45.0 Å². The van der Waals surface area contributed by atoms with Crippen molar-refractivity contribution in [2.24, 2.45) is 5.41 Å². The van der Waals surface area contributed by atoms with E-state index in [4.69, 9.17) is 0 Å². The van der Waals surface area contributed by atoms with E-state index in [0.717, 1.165) is 7.11 Å². The summed E-state index contributed by atoms with van der Waals surface area (Å²) in [6, 6.07) is 0. The SMILES string of the molecule is CCC1(CC)CCC(C(=O)OC)=C1OS(=O)(=O)C(F)(F)F. The van der Waals surface area contributed by atoms with E-state index in [1.165, 1.54) is 0 Å². The lowest BCUT2D eigenvalue weighted by Crippen LogP contribution is -2.30. The van der Waals surface area contributed by atoms with Crippen LogP contribution in [-0.4, -0.2) is 27.0 Å². The van der Waals surface area contributed by atoms with Gasteiger partial charge in [0.05, 0.1) is 12.7 Å². The largest absolute Gasteiger partial charge is 0.534 e. The van der Waals surface area contributed by atoms with Crippen LogP contribution in [0.25, 0.3) is 0 Å². The number of alkyl halides is 3. The van der Waals surface area contributed by atoms with Gasteiger partial charge < -0.3 is 8.92 Å². The highest BCUT2D eigenvalue weighted by Gasteiger charge is 2.53. The lowest BCUT2D eigenvalue weighted by molar-refractivity contribution is -0.136. The van der Waals surface area contributed by atoms with Gasteiger partial charge in [0.2, 0.25) is 0 Å². The van der Waals surface area contributed by atoms with Gasteiger partial charge in [-0.25, -0.2) is 4.79 Å². The number of hydrogen-bond acceptors (Lipinski definition) is 5. The predicted molar refractivity (Wildman–Crippen MR) is 67.4 cm³/mol. The van der Waals surface area contributed by atoms with Gasteiger partial charge in [-0.1, -0.05) is 13.8 Å². The highest BCUT2D eigenvalue weighted by atomic mass is 32.2. The quantitative estimate of drug-likeness (QED) is 0.440. The number of rotatable bonds is 5. The average Bonchev–Trinajstić information content (AvgIpc) is 2.75. The molecule has 1 rings (SSSR count). The molecule has 0 atom stereocenters. The molecule has 0 N–H and O–H groups in total. The van der Waals surface area contributed by atoms with Gasteiger partial charge >= 0.3 is 21.6 Å². The fourth-order valence-electron chi connectivity index (χ4n) is 2.45. The van der Waals surface area contributed by atoms with Crippen LogP contribution in [0.5, 0.6) is 0 Å². The number of carbonyl (C=O) groups is 1. The third-order valence-corrected chi connectivity index (χ3v) is 4.82. The third-order valence-electron chi connectivity index (χ3n) is 3.87. The Kier molecular flexibility index (Phi) is 4.97. The van der Waals surface area contributed by atoms with Crippen LogP contribution in [0.2, 0.25) is 0 Å². The van der Waals surface area contributed by atoms with E-state index in [9.17, 15) is 26.4 Å². The molecule has 0 aromatic heterocycles. The summed E-state index contributed by atoms with van der Waals surface area (Å²) < 4.78 is 68.8. The van der Waals surface area contributed by atoms with Gasteiger partial charge in [0.25, 0.3) is 0 Å². The average molecular weight is 330 g/mol. The number of esters is 1. The van der Waals surface area contributed by atoms with E-state index in [2.05, 4.69) is 8.92 Å². The Morgan fingerprint density at radius 3 is 2.19 bits per heavy atom. The predicted octanol–water partition coefficient (Wildman–Crippen LogP) is 2.88. The fraction of sp³-hybridized carbons (Fsp3) is 0.750. The molecule has 0 saturated heterocycles. The molecule has 0 heterocycles. The van der Waals surface area contributed by atoms with Crippen LogP contribution in [0.3, 0.4) is 0 Å². The molecule has 122 valence electrons. The molecule has 0 aromatic carbocycles. The van der Waals surface area contributed by atoms with E-state index in [1.54, 1.807) is 13.8 Å². The smallest absolute Gasteiger partial charge is 0.466 e. The Morgan fingerprint density at radius 1 is 1.29 bits per heavy atom. The normalized spacial score (nSPS) is 18.8. The molecule has 0 fully saturated rings. The second-order valence-corrected chi connectivity index (χ2v) is 6.31. The van der Waals surface area contributed by atoms with Gasteiger partial charge in [-0.05, 0) is 25.7 Å². The number of carbonyl (C=O) groups excluding carboxylic acids is 1. The lowest BCUT2D eigenvalue weighted by Gasteiger charge is -2.29. The van der Waals surface area contributed by atoms with Crippen LogP contribution in [0.15, 0.2) is 11.3 Å². The standard InChI is InChI=1S/C12H17F3O5S/c1-4-11(5-2)7-6-8(10(16)19-3)9(11)20-21(17,18)12(13,14)15/h4-7H2,1-3H3. The number of halogens is 3. The van der Waals surface area contributed by atoms with Gasteiger partial charge in [0.1, 0.15) is 5.76 Å². The van der Waals surface area contributed by atoms with Gasteiger partial charge in [0.15, 0.2) is 0 Å². The molecule has 0 saturated carbocycles. The fourth-order valence-corrected chi connectivity index (χ4v) is 3.04. The number of ether oxygens (including phenoxy) is 1. The summed E-state index contributed by atoms with van der Waals surface area (Å²) in [6.07, 6.45) is 1.17. The van der Waals surface area contributed by atoms with Crippen molar-refractivity contribution >= 4 is 16.1 Å². The van der Waals surface area contributed by atoms with Crippen LogP contribution in [0.4, 0.5) is 13.2 Å². The minimum atomic E-state index is -5.81. The molecule has 0 bridgehead atoms. The summed E-state index contributed by atoms with van der Waals surface area (Å²) >= 11 is 0. The van der Waals surface area contributed by atoms with Crippen molar-refractivity contribution in [1.29, 1.82) is 0 Å². The minimum Gasteiger partial charge on any atom is -0.466 e. The summed E-state index contributed by atoms with van der Waals surface area (Å²) in [6.45, 7) is 3.40. The van der Waals surface area contributed by atoms with Crippen LogP contribution in [0, 0.1) is 5.41 Å². The number of allylic oxidation sites excluding steroid dienone is 1. The van der Waals surface area contributed by atoms with Gasteiger partial charge in [0, 0.05) is 5.41 Å². The van der Waals surface area contributed by atoms with Crippen LogP contribution in [0.1, 0.15) is 39.5 Å². The molecule has 0 aromatic rings. The Morgan fingerprint density at radius 2 is 1.81 bits per heavy atom. The minimum absolute atomic E-state index is 0.122. The number of methoxy groups -OCH3 is 1. The summed E-state index contributed by atoms with van der Waals surface area (Å²) in [5.74, 6) is -1.30. The summed E-state index contributed by atoms with van der Waals surface area (Å²) in [4.78, 5) is 11.6. The Hall–Kier alpha value is -1.25. The number of hydrogen-bond donors (Lipinski definition) is 0. The first-order valence-corrected chi connectivity index (χ1v) is 7.78. The zero-order chi connectivity index (χ0) is 16.5. The maximum Gasteiger partial charge on any atom is 0.534 e. The topological polar surface area (TPSA) is 69.7 Å². The highest BCUT2D eigenvalue weighted by Crippen LogP contribution is 2.50. The first kappa shape index (κ1) is 17.8.